The molecule has 0 aliphatic rings. The van der Waals surface area contributed by atoms with Gasteiger partial charge >= 0.3 is 5.97 Å². The zero-order chi connectivity index (χ0) is 24.9. The Balaban J connectivity index is 2.56. The van der Waals surface area contributed by atoms with E-state index in [-0.39, 0.29) is 18.0 Å². The maximum Gasteiger partial charge on any atom is 0.327 e. The van der Waals surface area contributed by atoms with E-state index in [2.05, 4.69) is 0 Å². The van der Waals surface area contributed by atoms with Crippen molar-refractivity contribution in [2.45, 2.75) is 70.2 Å². The molecule has 2 rings (SSSR count). The van der Waals surface area contributed by atoms with E-state index in [1.54, 1.807) is 32.9 Å². The summed E-state index contributed by atoms with van der Waals surface area (Å²) in [5.41, 5.74) is -0.638. The van der Waals surface area contributed by atoms with Crippen molar-refractivity contribution in [1.82, 2.24) is 4.31 Å². The van der Waals surface area contributed by atoms with Gasteiger partial charge in [-0.25, -0.2) is 8.42 Å². The van der Waals surface area contributed by atoms with E-state index >= 15 is 0 Å². The van der Waals surface area contributed by atoms with Crippen LogP contribution in [0, 0.1) is 0 Å². The van der Waals surface area contributed by atoms with E-state index in [9.17, 15) is 13.2 Å². The Morgan fingerprint density at radius 1 is 0.909 bits per heavy atom. The Hall–Kier alpha value is -2.42. The summed E-state index contributed by atoms with van der Waals surface area (Å²) in [6.07, 6.45) is 0. The summed E-state index contributed by atoms with van der Waals surface area (Å²) >= 11 is 0. The first-order chi connectivity index (χ1) is 15.2. The first kappa shape index (κ1) is 26.8. The lowest BCUT2D eigenvalue weighted by molar-refractivity contribution is -0.163. The summed E-state index contributed by atoms with van der Waals surface area (Å²) in [6.45, 7) is 10.6. The number of methoxy groups -OCH3 is 1. The summed E-state index contributed by atoms with van der Waals surface area (Å²) in [4.78, 5) is 13.3. The first-order valence-electron chi connectivity index (χ1n) is 10.8. The van der Waals surface area contributed by atoms with Gasteiger partial charge in [-0.05, 0) is 71.4 Å². The van der Waals surface area contributed by atoms with Gasteiger partial charge in [-0.15, -0.1) is 0 Å². The average Bonchev–Trinajstić information content (AvgIpc) is 2.71. The van der Waals surface area contributed by atoms with Gasteiger partial charge in [0.05, 0.1) is 24.2 Å². The number of hydrogen-bond donors (Lipinski definition) is 0. The first-order valence-corrected chi connectivity index (χ1v) is 12.2. The van der Waals surface area contributed by atoms with E-state index < -0.39 is 33.2 Å². The topological polar surface area (TPSA) is 82.1 Å². The summed E-state index contributed by atoms with van der Waals surface area (Å²) in [5, 5.41) is 0. The number of nitrogens with zero attached hydrogens (tertiary/aromatic N) is 1. The van der Waals surface area contributed by atoms with Crippen LogP contribution in [-0.2, 0) is 30.8 Å². The summed E-state index contributed by atoms with van der Waals surface area (Å²) in [5.74, 6) is -0.136. The number of benzene rings is 2. The molecule has 2 aromatic rings. The van der Waals surface area contributed by atoms with Crippen molar-refractivity contribution >= 4 is 16.0 Å². The van der Waals surface area contributed by atoms with Crippen LogP contribution in [0.25, 0.3) is 0 Å². The molecule has 182 valence electrons. The highest BCUT2D eigenvalue weighted by molar-refractivity contribution is 7.89. The van der Waals surface area contributed by atoms with Gasteiger partial charge in [-0.3, -0.25) is 4.79 Å². The predicted molar refractivity (Wildman–Crippen MR) is 128 cm³/mol. The van der Waals surface area contributed by atoms with Crippen LogP contribution in [0.15, 0.2) is 59.5 Å². The SMILES string of the molecule is COc1ccc(S(=O)(=O)N(Cc2ccccc2)[C@H](COC(C)(C)C)C(=O)OC(C)(C)C)cc1. The Kier molecular flexibility index (Phi) is 8.68. The molecule has 7 nitrogen and oxygen atoms in total. The van der Waals surface area contributed by atoms with Crippen molar-refractivity contribution in [3.63, 3.8) is 0 Å². The van der Waals surface area contributed by atoms with Crippen molar-refractivity contribution in [2.24, 2.45) is 0 Å². The van der Waals surface area contributed by atoms with Crippen molar-refractivity contribution in [1.29, 1.82) is 0 Å². The molecule has 0 saturated heterocycles. The molecule has 0 bridgehead atoms. The quantitative estimate of drug-likeness (QED) is 0.498. The van der Waals surface area contributed by atoms with Gasteiger partial charge in [0.1, 0.15) is 17.4 Å². The standard InChI is InChI=1S/C25H35NO6S/c1-24(2,3)31-18-22(23(27)32-25(4,5)6)26(17-19-11-9-8-10-12-19)33(28,29)21-15-13-20(30-7)14-16-21/h8-16,22H,17-18H2,1-7H3/t22-/m1/s1. The second-order valence-corrected chi connectivity index (χ2v) is 11.6. The van der Waals surface area contributed by atoms with Gasteiger partial charge in [-0.1, -0.05) is 30.3 Å². The Labute approximate surface area is 197 Å². The number of hydrogen-bond acceptors (Lipinski definition) is 6. The fraction of sp³-hybridized carbons (Fsp3) is 0.480. The maximum absolute atomic E-state index is 13.8. The molecule has 0 aromatic heterocycles. The minimum atomic E-state index is -4.09. The number of sulfonamides is 1. The highest BCUT2D eigenvalue weighted by Crippen LogP contribution is 2.26. The number of rotatable bonds is 9. The largest absolute Gasteiger partial charge is 0.497 e. The fourth-order valence-electron chi connectivity index (χ4n) is 2.98. The van der Waals surface area contributed by atoms with Crippen LogP contribution in [0.5, 0.6) is 5.75 Å². The third kappa shape index (κ3) is 8.14. The zero-order valence-corrected chi connectivity index (χ0v) is 21.3. The molecule has 0 heterocycles. The number of ether oxygens (including phenoxy) is 3. The molecule has 0 fully saturated rings. The van der Waals surface area contributed by atoms with E-state index in [0.717, 1.165) is 9.87 Å². The van der Waals surface area contributed by atoms with E-state index in [1.807, 2.05) is 51.1 Å². The lowest BCUT2D eigenvalue weighted by atomic mass is 10.1. The van der Waals surface area contributed by atoms with Crippen molar-refractivity contribution in [3.05, 3.63) is 60.2 Å². The summed E-state index contributed by atoms with van der Waals surface area (Å²) < 4.78 is 45.4. The highest BCUT2D eigenvalue weighted by Gasteiger charge is 2.39. The van der Waals surface area contributed by atoms with Crippen LogP contribution >= 0.6 is 0 Å². The normalized spacial score (nSPS) is 13.6. The van der Waals surface area contributed by atoms with Crippen LogP contribution in [0.3, 0.4) is 0 Å². The zero-order valence-electron chi connectivity index (χ0n) is 20.5. The van der Waals surface area contributed by atoms with Crippen molar-refractivity contribution < 1.29 is 27.4 Å². The molecule has 0 saturated carbocycles. The van der Waals surface area contributed by atoms with Gasteiger partial charge in [0.15, 0.2) is 0 Å². The Bertz CT molecular complexity index is 1010. The lowest BCUT2D eigenvalue weighted by Crippen LogP contribution is -2.50. The fourth-order valence-corrected chi connectivity index (χ4v) is 4.53. The second-order valence-electron chi connectivity index (χ2n) is 9.68. The number of carbonyl (C=O) groups is 1. The van der Waals surface area contributed by atoms with Gasteiger partial charge in [0.2, 0.25) is 10.0 Å². The van der Waals surface area contributed by atoms with Crippen LogP contribution < -0.4 is 4.74 Å². The molecule has 8 heteroatoms. The van der Waals surface area contributed by atoms with Crippen molar-refractivity contribution in [3.8, 4) is 5.75 Å². The van der Waals surface area contributed by atoms with Crippen molar-refractivity contribution in [2.75, 3.05) is 13.7 Å². The smallest absolute Gasteiger partial charge is 0.327 e. The lowest BCUT2D eigenvalue weighted by Gasteiger charge is -2.33. The number of esters is 1. The summed E-state index contributed by atoms with van der Waals surface area (Å²) in [7, 11) is -2.59. The third-order valence-electron chi connectivity index (χ3n) is 4.55. The molecule has 0 radical (unpaired) electrons. The predicted octanol–water partition coefficient (Wildman–Crippen LogP) is 4.41. The minimum absolute atomic E-state index is 0.0212. The van der Waals surface area contributed by atoms with E-state index in [1.165, 1.54) is 19.2 Å². The van der Waals surface area contributed by atoms with E-state index in [0.29, 0.717) is 5.75 Å². The monoisotopic (exact) mass is 477 g/mol. The molecule has 2 aromatic carbocycles. The average molecular weight is 478 g/mol. The molecule has 0 aliphatic heterocycles. The second kappa shape index (κ2) is 10.7. The molecule has 0 aliphatic carbocycles. The highest BCUT2D eigenvalue weighted by atomic mass is 32.2. The van der Waals surface area contributed by atoms with Crippen LogP contribution in [-0.4, -0.2) is 49.7 Å². The van der Waals surface area contributed by atoms with Gasteiger partial charge < -0.3 is 14.2 Å². The molecular weight excluding hydrogens is 442 g/mol. The summed E-state index contributed by atoms with van der Waals surface area (Å²) in [6, 6.07) is 14.0. The van der Waals surface area contributed by atoms with E-state index in [4.69, 9.17) is 14.2 Å². The van der Waals surface area contributed by atoms with Crippen LogP contribution in [0.4, 0.5) is 0 Å². The third-order valence-corrected chi connectivity index (χ3v) is 6.42. The number of carbonyl (C=O) groups excluding carboxylic acids is 1. The molecule has 33 heavy (non-hydrogen) atoms. The van der Waals surface area contributed by atoms with Gasteiger partial charge in [0.25, 0.3) is 0 Å². The molecule has 0 N–H and O–H groups in total. The Morgan fingerprint density at radius 3 is 1.97 bits per heavy atom. The molecule has 1 atom stereocenters. The molecule has 0 amide bonds. The Morgan fingerprint density at radius 2 is 1.48 bits per heavy atom. The molecule has 0 spiro atoms. The van der Waals surface area contributed by atoms with Gasteiger partial charge in [0, 0.05) is 6.54 Å². The van der Waals surface area contributed by atoms with Crippen LogP contribution in [0.2, 0.25) is 0 Å². The molecular formula is C25H35NO6S. The minimum Gasteiger partial charge on any atom is -0.497 e. The van der Waals surface area contributed by atoms with Crippen LogP contribution in [0.1, 0.15) is 47.1 Å². The molecule has 0 unspecified atom stereocenters. The maximum atomic E-state index is 13.8. The van der Waals surface area contributed by atoms with Gasteiger partial charge in [-0.2, -0.15) is 4.31 Å².